The van der Waals surface area contributed by atoms with Crippen LogP contribution in [0, 0.1) is 11.3 Å². The van der Waals surface area contributed by atoms with Crippen LogP contribution in [0.15, 0.2) is 78.9 Å². The summed E-state index contributed by atoms with van der Waals surface area (Å²) in [5.74, 6) is 1.52. The van der Waals surface area contributed by atoms with Gasteiger partial charge in [0.2, 0.25) is 0 Å². The third-order valence-corrected chi connectivity index (χ3v) is 13.9. The zero-order chi connectivity index (χ0) is 41.5. The van der Waals surface area contributed by atoms with E-state index in [4.69, 9.17) is 42.3 Å². The molecule has 0 radical (unpaired) electrons. The second kappa shape index (κ2) is 23.2. The summed E-state index contributed by atoms with van der Waals surface area (Å²) >= 11 is 0. The van der Waals surface area contributed by atoms with Gasteiger partial charge in [-0.25, -0.2) is 9.34 Å². The van der Waals surface area contributed by atoms with E-state index < -0.39 is 22.7 Å². The van der Waals surface area contributed by atoms with Crippen LogP contribution in [0.3, 0.4) is 0 Å². The molecule has 0 aliphatic carbocycles. The lowest BCUT2D eigenvalue weighted by Gasteiger charge is -2.39. The second-order valence-electron chi connectivity index (χ2n) is 15.2. The number of benzene rings is 3. The van der Waals surface area contributed by atoms with Crippen LogP contribution < -0.4 is 9.47 Å². The molecule has 0 saturated carbocycles. The number of methoxy groups -OCH3 is 2. The molecular formula is C44H65N3O8P2. The van der Waals surface area contributed by atoms with Crippen LogP contribution in [0.4, 0.5) is 0 Å². The Labute approximate surface area is 344 Å². The largest absolute Gasteiger partial charge is 0.497 e. The zero-order valence-electron chi connectivity index (χ0n) is 35.8. The van der Waals surface area contributed by atoms with Crippen molar-refractivity contribution in [2.45, 2.75) is 123 Å². The van der Waals surface area contributed by atoms with E-state index in [1.54, 1.807) is 14.2 Å². The third-order valence-electron chi connectivity index (χ3n) is 9.64. The van der Waals surface area contributed by atoms with Crippen molar-refractivity contribution in [2.24, 2.45) is 0 Å². The molecule has 3 aromatic carbocycles. The molecule has 314 valence electrons. The van der Waals surface area contributed by atoms with Crippen LogP contribution in [0.25, 0.3) is 0 Å². The van der Waals surface area contributed by atoms with E-state index in [-0.39, 0.29) is 49.1 Å². The lowest BCUT2D eigenvalue weighted by molar-refractivity contribution is -0.0778. The summed E-state index contributed by atoms with van der Waals surface area (Å²) in [4.78, 5) is 0. The van der Waals surface area contributed by atoms with Crippen LogP contribution in [0.1, 0.15) is 91.8 Å². The molecular weight excluding hydrogens is 760 g/mol. The molecule has 5 atom stereocenters. The summed E-state index contributed by atoms with van der Waals surface area (Å²) in [5.41, 5.74) is 1.88. The number of nitrogens with zero attached hydrogens (tertiary/aromatic N) is 3. The molecule has 1 aliphatic heterocycles. The van der Waals surface area contributed by atoms with Gasteiger partial charge in [0.15, 0.2) is 0 Å². The van der Waals surface area contributed by atoms with Crippen molar-refractivity contribution in [1.29, 1.82) is 5.26 Å². The molecule has 3 unspecified atom stereocenters. The van der Waals surface area contributed by atoms with Crippen LogP contribution in [0.5, 0.6) is 11.5 Å². The maximum Gasteiger partial charge on any atom is 0.259 e. The van der Waals surface area contributed by atoms with E-state index >= 15 is 0 Å². The minimum atomic E-state index is -1.53. The summed E-state index contributed by atoms with van der Waals surface area (Å²) in [6.45, 7) is 20.4. The van der Waals surface area contributed by atoms with Crippen LogP contribution in [-0.4, -0.2) is 92.5 Å². The predicted molar refractivity (Wildman–Crippen MR) is 228 cm³/mol. The molecule has 1 saturated heterocycles. The summed E-state index contributed by atoms with van der Waals surface area (Å²) in [5, 5.41) is 9.13. The standard InChI is InChI=1S/C44H65N3O8P2/c1-32(2)46(33(3)4)56(51-27-15-26-45)52-28-29-53-57(47(34(5)6)35(7)8)55-42-30-36(9)54-43(42)31-50-44(37-16-13-12-14-17-37,38-18-22-40(48-10)23-19-38)39-20-24-41(49-11)25-21-39/h12-14,16-25,32-36,42-43H,15,27-31H2,1-11H3/t36-,42?,43+,56?,57?/m0/s1. The van der Waals surface area contributed by atoms with Gasteiger partial charge in [0, 0.05) is 30.6 Å². The topological polar surface area (TPSA) is 104 Å². The highest BCUT2D eigenvalue weighted by Gasteiger charge is 2.43. The average molecular weight is 826 g/mol. The lowest BCUT2D eigenvalue weighted by Crippen LogP contribution is -2.39. The molecule has 1 heterocycles. The molecule has 11 nitrogen and oxygen atoms in total. The Morgan fingerprint density at radius 1 is 0.684 bits per heavy atom. The number of hydrogen-bond donors (Lipinski definition) is 0. The van der Waals surface area contributed by atoms with Crippen molar-refractivity contribution in [1.82, 2.24) is 9.34 Å². The summed E-state index contributed by atoms with van der Waals surface area (Å²) in [6.07, 6.45) is 0.277. The second-order valence-corrected chi connectivity index (χ2v) is 18.1. The van der Waals surface area contributed by atoms with E-state index in [2.05, 4.69) is 114 Å². The molecule has 1 aliphatic rings. The summed E-state index contributed by atoms with van der Waals surface area (Å²) in [6, 6.07) is 29.3. The Hall–Kier alpha value is -2.71. The molecule has 0 bridgehead atoms. The quantitative estimate of drug-likeness (QED) is 0.0490. The Morgan fingerprint density at radius 2 is 1.14 bits per heavy atom. The van der Waals surface area contributed by atoms with Gasteiger partial charge in [-0.2, -0.15) is 5.26 Å². The van der Waals surface area contributed by atoms with E-state index in [0.29, 0.717) is 32.7 Å². The minimum absolute atomic E-state index is 0.0457. The van der Waals surface area contributed by atoms with Gasteiger partial charge in [0.25, 0.3) is 17.1 Å². The van der Waals surface area contributed by atoms with Gasteiger partial charge in [0.05, 0.1) is 65.3 Å². The van der Waals surface area contributed by atoms with Gasteiger partial charge >= 0.3 is 0 Å². The van der Waals surface area contributed by atoms with Crippen molar-refractivity contribution >= 4 is 17.1 Å². The summed E-state index contributed by atoms with van der Waals surface area (Å²) < 4.78 is 55.6. The van der Waals surface area contributed by atoms with Gasteiger partial charge < -0.3 is 37.0 Å². The van der Waals surface area contributed by atoms with Gasteiger partial charge in [-0.15, -0.1) is 0 Å². The van der Waals surface area contributed by atoms with Crippen LogP contribution in [-0.2, 0) is 33.2 Å². The SMILES string of the molecule is COc1ccc(C(OC[C@H]2O[C@@H](C)CC2OP(OCCOP(OCCC#N)N(C(C)C)C(C)C)N(C(C)C)C(C)C)(c2ccccc2)c2ccc(OC)cc2)cc1. The fourth-order valence-corrected chi connectivity index (χ4v) is 10.6. The Bertz CT molecular complexity index is 1560. The fraction of sp³-hybridized carbons (Fsp3) is 0.568. The molecule has 0 amide bonds. The number of rotatable bonds is 24. The minimum Gasteiger partial charge on any atom is -0.497 e. The number of nitriles is 1. The van der Waals surface area contributed by atoms with Gasteiger partial charge in [-0.3, -0.25) is 0 Å². The first-order valence-corrected chi connectivity index (χ1v) is 22.3. The van der Waals surface area contributed by atoms with Crippen molar-refractivity contribution in [3.63, 3.8) is 0 Å². The van der Waals surface area contributed by atoms with Crippen molar-refractivity contribution in [2.75, 3.05) is 40.6 Å². The Kier molecular flexibility index (Phi) is 19.1. The Morgan fingerprint density at radius 3 is 1.61 bits per heavy atom. The molecule has 1 fully saturated rings. The molecule has 57 heavy (non-hydrogen) atoms. The molecule has 0 N–H and O–H groups in total. The maximum atomic E-state index is 9.13. The average Bonchev–Trinajstić information content (AvgIpc) is 3.54. The van der Waals surface area contributed by atoms with Crippen LogP contribution >= 0.6 is 17.1 Å². The van der Waals surface area contributed by atoms with E-state index in [0.717, 1.165) is 28.2 Å². The zero-order valence-corrected chi connectivity index (χ0v) is 37.6. The first-order chi connectivity index (χ1) is 27.4. The molecule has 0 spiro atoms. The number of hydrogen-bond acceptors (Lipinski definition) is 11. The van der Waals surface area contributed by atoms with E-state index in [1.807, 2.05) is 42.5 Å². The van der Waals surface area contributed by atoms with Crippen molar-refractivity contribution in [3.8, 4) is 17.6 Å². The first-order valence-electron chi connectivity index (χ1n) is 20.1. The van der Waals surface area contributed by atoms with Gasteiger partial charge in [0.1, 0.15) is 23.2 Å². The smallest absolute Gasteiger partial charge is 0.259 e. The normalized spacial score (nSPS) is 18.6. The highest BCUT2D eigenvalue weighted by molar-refractivity contribution is 7.45. The maximum absolute atomic E-state index is 9.13. The number of ether oxygens (including phenoxy) is 4. The molecule has 4 rings (SSSR count). The van der Waals surface area contributed by atoms with Crippen LogP contribution in [0.2, 0.25) is 0 Å². The van der Waals surface area contributed by atoms with Crippen molar-refractivity contribution in [3.05, 3.63) is 95.6 Å². The third kappa shape index (κ3) is 12.6. The fourth-order valence-electron chi connectivity index (χ4n) is 7.24. The predicted octanol–water partition coefficient (Wildman–Crippen LogP) is 10.2. The summed E-state index contributed by atoms with van der Waals surface area (Å²) in [7, 11) is 0.423. The van der Waals surface area contributed by atoms with Gasteiger partial charge in [-0.1, -0.05) is 54.6 Å². The molecule has 3 aromatic rings. The van der Waals surface area contributed by atoms with Gasteiger partial charge in [-0.05, 0) is 103 Å². The first kappa shape index (κ1) is 47.0. The van der Waals surface area contributed by atoms with E-state index in [9.17, 15) is 0 Å². The lowest BCUT2D eigenvalue weighted by atomic mass is 9.80. The monoisotopic (exact) mass is 825 g/mol. The highest BCUT2D eigenvalue weighted by Crippen LogP contribution is 2.51. The molecule has 0 aromatic heterocycles. The van der Waals surface area contributed by atoms with Crippen molar-refractivity contribution < 1.29 is 37.0 Å². The molecule has 13 heteroatoms. The Balaban J connectivity index is 1.61. The van der Waals surface area contributed by atoms with E-state index in [1.165, 1.54) is 0 Å². The highest BCUT2D eigenvalue weighted by atomic mass is 31.2.